The lowest BCUT2D eigenvalue weighted by Crippen LogP contribution is -2.31. The standard InChI is InChI=1S/C33H40N6O5S/c1-33(12-13-33)22-17-25(31(43-5)26(18-22)36-45(6,41)42)35-32(40)27-16-21-8-7-9-28(30(21)38(27)4)44-24-10-14-34-29(19-24)39-15-11-23(20-39)37(2)3/h7-10,14,16-19,23,36H,11-13,15,20H2,1-6H3,(H,35,40). The summed E-state index contributed by atoms with van der Waals surface area (Å²) in [5.74, 6) is 2.02. The van der Waals surface area contributed by atoms with E-state index in [1.54, 1.807) is 16.8 Å². The fourth-order valence-corrected chi connectivity index (χ4v) is 6.59. The van der Waals surface area contributed by atoms with Crippen LogP contribution in [0, 0.1) is 0 Å². The van der Waals surface area contributed by atoms with E-state index in [4.69, 9.17) is 9.47 Å². The molecule has 3 heterocycles. The first-order valence-electron chi connectivity index (χ1n) is 15.0. The summed E-state index contributed by atoms with van der Waals surface area (Å²) >= 11 is 0. The zero-order chi connectivity index (χ0) is 32.1. The molecular formula is C33H40N6O5S. The van der Waals surface area contributed by atoms with E-state index >= 15 is 0 Å². The highest BCUT2D eigenvalue weighted by atomic mass is 32.2. The van der Waals surface area contributed by atoms with Crippen molar-refractivity contribution in [3.63, 3.8) is 0 Å². The molecule has 2 aliphatic rings. The Labute approximate surface area is 264 Å². The van der Waals surface area contributed by atoms with E-state index in [0.717, 1.165) is 60.9 Å². The topological polar surface area (TPSA) is 118 Å². The molecule has 1 aliphatic heterocycles. The van der Waals surface area contributed by atoms with E-state index in [-0.39, 0.29) is 22.8 Å². The van der Waals surface area contributed by atoms with E-state index in [1.165, 1.54) is 7.11 Å². The molecule has 6 rings (SSSR count). The minimum atomic E-state index is -3.59. The summed E-state index contributed by atoms with van der Waals surface area (Å²) in [5.41, 5.74) is 2.70. The minimum absolute atomic E-state index is 0.0821. The summed E-state index contributed by atoms with van der Waals surface area (Å²) in [4.78, 5) is 22.9. The van der Waals surface area contributed by atoms with Crippen LogP contribution in [-0.2, 0) is 22.5 Å². The van der Waals surface area contributed by atoms with E-state index in [9.17, 15) is 13.2 Å². The highest BCUT2D eigenvalue weighted by Crippen LogP contribution is 2.51. The van der Waals surface area contributed by atoms with Crippen LogP contribution in [-0.4, -0.2) is 75.4 Å². The average Bonchev–Trinajstić information content (AvgIpc) is 3.38. The number of pyridine rings is 1. The first-order valence-corrected chi connectivity index (χ1v) is 16.9. The number of nitrogens with zero attached hydrogens (tertiary/aromatic N) is 4. The SMILES string of the molecule is COc1c(NC(=O)c2cc3cccc(Oc4ccnc(N5CCC(N(C)C)C5)c4)c3n2C)cc(C2(C)CC2)cc1NS(C)(=O)=O. The Hall–Kier alpha value is -4.29. The van der Waals surface area contributed by atoms with E-state index in [1.807, 2.05) is 49.5 Å². The van der Waals surface area contributed by atoms with Crippen molar-refractivity contribution in [1.82, 2.24) is 14.5 Å². The second-order valence-corrected chi connectivity index (χ2v) is 14.3. The Morgan fingerprint density at radius 1 is 1.11 bits per heavy atom. The normalized spacial score (nSPS) is 17.5. The van der Waals surface area contributed by atoms with Crippen LogP contribution < -0.4 is 24.4 Å². The van der Waals surface area contributed by atoms with Gasteiger partial charge in [-0.05, 0) is 74.7 Å². The number of ether oxygens (including phenoxy) is 2. The van der Waals surface area contributed by atoms with E-state index < -0.39 is 10.0 Å². The molecular weight excluding hydrogens is 592 g/mol. The van der Waals surface area contributed by atoms with Crippen LogP contribution in [0.3, 0.4) is 0 Å². The Balaban J connectivity index is 1.29. The van der Waals surface area contributed by atoms with Gasteiger partial charge in [-0.15, -0.1) is 0 Å². The molecule has 1 saturated heterocycles. The number of aryl methyl sites for hydroxylation is 1. The van der Waals surface area contributed by atoms with Gasteiger partial charge in [0.05, 0.1) is 30.3 Å². The molecule has 0 bridgehead atoms. The zero-order valence-electron chi connectivity index (χ0n) is 26.5. The predicted molar refractivity (Wildman–Crippen MR) is 178 cm³/mol. The largest absolute Gasteiger partial charge is 0.492 e. The van der Waals surface area contributed by atoms with Gasteiger partial charge in [0.25, 0.3) is 5.91 Å². The number of carbonyl (C=O) groups excluding carboxylic acids is 1. The lowest BCUT2D eigenvalue weighted by molar-refractivity contribution is 0.101. The number of methoxy groups -OCH3 is 1. The van der Waals surface area contributed by atoms with Crippen molar-refractivity contribution in [2.45, 2.75) is 37.6 Å². The van der Waals surface area contributed by atoms with Gasteiger partial charge < -0.3 is 29.2 Å². The molecule has 1 atom stereocenters. The third-order valence-corrected chi connectivity index (χ3v) is 9.54. The number of rotatable bonds is 10. The maximum atomic E-state index is 13.8. The van der Waals surface area contributed by atoms with Crippen LogP contribution in [0.1, 0.15) is 42.2 Å². The fraction of sp³-hybridized carbons (Fsp3) is 0.394. The number of hydrogen-bond donors (Lipinski definition) is 2. The lowest BCUT2D eigenvalue weighted by Gasteiger charge is -2.21. The first kappa shape index (κ1) is 30.7. The molecule has 1 amide bonds. The smallest absolute Gasteiger partial charge is 0.272 e. The monoisotopic (exact) mass is 632 g/mol. The number of amides is 1. The Morgan fingerprint density at radius 2 is 1.87 bits per heavy atom. The second kappa shape index (κ2) is 11.6. The van der Waals surface area contributed by atoms with Crippen LogP contribution >= 0.6 is 0 Å². The summed E-state index contributed by atoms with van der Waals surface area (Å²) in [5, 5.41) is 3.83. The Kier molecular flexibility index (Phi) is 7.90. The molecule has 11 nitrogen and oxygen atoms in total. The highest BCUT2D eigenvalue weighted by Gasteiger charge is 2.40. The van der Waals surface area contributed by atoms with Gasteiger partial charge in [0.2, 0.25) is 10.0 Å². The number of carbonyl (C=O) groups is 1. The van der Waals surface area contributed by atoms with Crippen LogP contribution in [0.15, 0.2) is 54.7 Å². The van der Waals surface area contributed by atoms with Crippen molar-refractivity contribution in [1.29, 1.82) is 0 Å². The van der Waals surface area contributed by atoms with Crippen LogP contribution in [0.2, 0.25) is 0 Å². The quantitative estimate of drug-likeness (QED) is 0.245. The Morgan fingerprint density at radius 3 is 2.53 bits per heavy atom. The maximum absolute atomic E-state index is 13.8. The molecule has 2 aromatic carbocycles. The van der Waals surface area contributed by atoms with Crippen LogP contribution in [0.5, 0.6) is 17.2 Å². The number of fused-ring (bicyclic) bond motifs is 1. The predicted octanol–water partition coefficient (Wildman–Crippen LogP) is 5.19. The number of benzene rings is 2. The lowest BCUT2D eigenvalue weighted by atomic mass is 9.96. The maximum Gasteiger partial charge on any atom is 0.272 e. The molecule has 12 heteroatoms. The molecule has 2 N–H and O–H groups in total. The van der Waals surface area contributed by atoms with Crippen molar-refractivity contribution in [3.8, 4) is 17.2 Å². The highest BCUT2D eigenvalue weighted by molar-refractivity contribution is 7.92. The van der Waals surface area contributed by atoms with Crippen molar-refractivity contribution in [3.05, 3.63) is 66.0 Å². The third-order valence-electron chi connectivity index (χ3n) is 8.95. The Bertz CT molecular complexity index is 1880. The average molecular weight is 633 g/mol. The van der Waals surface area contributed by atoms with Crippen molar-refractivity contribution in [2.75, 3.05) is 55.5 Å². The summed E-state index contributed by atoms with van der Waals surface area (Å²) in [7, 11) is 3.89. The van der Waals surface area contributed by atoms with Gasteiger partial charge in [-0.25, -0.2) is 13.4 Å². The molecule has 1 unspecified atom stereocenters. The van der Waals surface area contributed by atoms with Crippen LogP contribution in [0.25, 0.3) is 10.9 Å². The molecule has 0 radical (unpaired) electrons. The number of anilines is 3. The fourth-order valence-electron chi connectivity index (χ4n) is 6.04. The van der Waals surface area contributed by atoms with Gasteiger partial charge >= 0.3 is 0 Å². The van der Waals surface area contributed by atoms with Gasteiger partial charge in [0, 0.05) is 43.8 Å². The number of aromatic nitrogens is 2. The summed E-state index contributed by atoms with van der Waals surface area (Å²) in [6.07, 6.45) is 5.88. The molecule has 1 aliphatic carbocycles. The summed E-state index contributed by atoms with van der Waals surface area (Å²) < 4.78 is 40.7. The van der Waals surface area contributed by atoms with Gasteiger partial charge in [-0.1, -0.05) is 19.1 Å². The molecule has 45 heavy (non-hydrogen) atoms. The number of para-hydroxylation sites is 1. The molecule has 4 aromatic rings. The number of likely N-dealkylation sites (N-methyl/N-ethyl adjacent to an activating group) is 1. The molecule has 0 spiro atoms. The van der Waals surface area contributed by atoms with Crippen molar-refractivity contribution >= 4 is 44.0 Å². The van der Waals surface area contributed by atoms with Gasteiger partial charge in [-0.3, -0.25) is 9.52 Å². The van der Waals surface area contributed by atoms with E-state index in [0.29, 0.717) is 28.9 Å². The molecule has 1 saturated carbocycles. The molecule has 2 fully saturated rings. The van der Waals surface area contributed by atoms with Gasteiger partial charge in [-0.2, -0.15) is 0 Å². The van der Waals surface area contributed by atoms with Gasteiger partial charge in [0.1, 0.15) is 17.3 Å². The number of nitrogens with one attached hydrogen (secondary N) is 2. The summed E-state index contributed by atoms with van der Waals surface area (Å²) in [6, 6.07) is 15.5. The van der Waals surface area contributed by atoms with Crippen molar-refractivity contribution in [2.24, 2.45) is 7.05 Å². The van der Waals surface area contributed by atoms with Crippen LogP contribution in [0.4, 0.5) is 17.2 Å². The zero-order valence-corrected chi connectivity index (χ0v) is 27.4. The minimum Gasteiger partial charge on any atom is -0.492 e. The van der Waals surface area contributed by atoms with Crippen molar-refractivity contribution < 1.29 is 22.7 Å². The number of hydrogen-bond acceptors (Lipinski definition) is 8. The molecule has 238 valence electrons. The summed E-state index contributed by atoms with van der Waals surface area (Å²) in [6.45, 7) is 3.96. The third kappa shape index (κ3) is 6.30. The van der Waals surface area contributed by atoms with Gasteiger partial charge in [0.15, 0.2) is 11.5 Å². The molecule has 2 aromatic heterocycles. The first-order chi connectivity index (χ1) is 21.3. The number of sulfonamides is 1. The van der Waals surface area contributed by atoms with E-state index in [2.05, 4.69) is 45.8 Å². The second-order valence-electron chi connectivity index (χ2n) is 12.6.